The third-order valence-corrected chi connectivity index (χ3v) is 4.73. The molecule has 0 spiro atoms. The topological polar surface area (TPSA) is 44.8 Å². The zero-order valence-corrected chi connectivity index (χ0v) is 15.5. The SMILES string of the molecule is CCOC(=O)COc1ccc(OCCc2ccc(Br)s2)cc1C. The lowest BCUT2D eigenvalue weighted by atomic mass is 10.2. The van der Waals surface area contributed by atoms with Crippen molar-refractivity contribution in [3.05, 3.63) is 44.6 Å². The fourth-order valence-electron chi connectivity index (χ4n) is 1.97. The van der Waals surface area contributed by atoms with Crippen LogP contribution in [0, 0.1) is 6.92 Å². The van der Waals surface area contributed by atoms with Crippen molar-refractivity contribution >= 4 is 33.2 Å². The van der Waals surface area contributed by atoms with E-state index in [0.29, 0.717) is 19.0 Å². The fourth-order valence-corrected chi connectivity index (χ4v) is 3.43. The summed E-state index contributed by atoms with van der Waals surface area (Å²) in [6, 6.07) is 9.70. The summed E-state index contributed by atoms with van der Waals surface area (Å²) < 4.78 is 17.2. The molecule has 0 radical (unpaired) electrons. The molecule has 4 nitrogen and oxygen atoms in total. The van der Waals surface area contributed by atoms with Gasteiger partial charge in [0.05, 0.1) is 17.0 Å². The van der Waals surface area contributed by atoms with Gasteiger partial charge in [0, 0.05) is 11.3 Å². The summed E-state index contributed by atoms with van der Waals surface area (Å²) >= 11 is 5.17. The van der Waals surface area contributed by atoms with E-state index in [0.717, 1.165) is 21.5 Å². The van der Waals surface area contributed by atoms with Gasteiger partial charge in [-0.2, -0.15) is 0 Å². The van der Waals surface area contributed by atoms with E-state index in [1.54, 1.807) is 18.3 Å². The van der Waals surface area contributed by atoms with Crippen LogP contribution in [-0.4, -0.2) is 25.8 Å². The molecule has 0 unspecified atom stereocenters. The number of benzene rings is 1. The van der Waals surface area contributed by atoms with Crippen molar-refractivity contribution in [1.29, 1.82) is 0 Å². The normalized spacial score (nSPS) is 10.4. The van der Waals surface area contributed by atoms with Crippen molar-refractivity contribution in [2.45, 2.75) is 20.3 Å². The zero-order valence-electron chi connectivity index (χ0n) is 13.1. The molecule has 0 bridgehead atoms. The number of aryl methyl sites for hydroxylation is 1. The van der Waals surface area contributed by atoms with Gasteiger partial charge in [-0.05, 0) is 65.7 Å². The molecule has 0 aliphatic carbocycles. The highest BCUT2D eigenvalue weighted by Gasteiger charge is 2.07. The van der Waals surface area contributed by atoms with E-state index in [-0.39, 0.29) is 12.6 Å². The first-order valence-corrected chi connectivity index (χ1v) is 8.95. The summed E-state index contributed by atoms with van der Waals surface area (Å²) in [4.78, 5) is 12.6. The lowest BCUT2D eigenvalue weighted by molar-refractivity contribution is -0.145. The number of esters is 1. The Hall–Kier alpha value is -1.53. The lowest BCUT2D eigenvalue weighted by Gasteiger charge is -2.11. The molecular weight excluding hydrogens is 380 g/mol. The van der Waals surface area contributed by atoms with Gasteiger partial charge in [0.2, 0.25) is 0 Å². The summed E-state index contributed by atoms with van der Waals surface area (Å²) in [5, 5.41) is 0. The molecule has 2 rings (SSSR count). The van der Waals surface area contributed by atoms with Gasteiger partial charge in [0.25, 0.3) is 0 Å². The van der Waals surface area contributed by atoms with Crippen LogP contribution < -0.4 is 9.47 Å². The quantitative estimate of drug-likeness (QED) is 0.618. The average molecular weight is 399 g/mol. The molecule has 0 N–H and O–H groups in total. The first kappa shape index (κ1) is 17.8. The maximum absolute atomic E-state index is 11.3. The van der Waals surface area contributed by atoms with Crippen LogP contribution in [0.25, 0.3) is 0 Å². The van der Waals surface area contributed by atoms with Gasteiger partial charge in [0.15, 0.2) is 6.61 Å². The number of hydrogen-bond acceptors (Lipinski definition) is 5. The smallest absolute Gasteiger partial charge is 0.344 e. The second kappa shape index (κ2) is 8.93. The molecule has 6 heteroatoms. The summed E-state index contributed by atoms with van der Waals surface area (Å²) in [5.74, 6) is 1.09. The van der Waals surface area contributed by atoms with Crippen molar-refractivity contribution < 1.29 is 19.0 Å². The summed E-state index contributed by atoms with van der Waals surface area (Å²) in [6.45, 7) is 4.58. The van der Waals surface area contributed by atoms with Crippen molar-refractivity contribution in [2.24, 2.45) is 0 Å². The van der Waals surface area contributed by atoms with Crippen molar-refractivity contribution in [3.8, 4) is 11.5 Å². The first-order valence-electron chi connectivity index (χ1n) is 7.34. The van der Waals surface area contributed by atoms with E-state index >= 15 is 0 Å². The molecule has 2 aromatic rings. The van der Waals surface area contributed by atoms with Crippen molar-refractivity contribution in [1.82, 2.24) is 0 Å². The van der Waals surface area contributed by atoms with Crippen molar-refractivity contribution in [3.63, 3.8) is 0 Å². The molecule has 0 aliphatic heterocycles. The fraction of sp³-hybridized carbons (Fsp3) is 0.353. The van der Waals surface area contributed by atoms with Crippen LogP contribution in [0.2, 0.25) is 0 Å². The number of rotatable bonds is 8. The molecule has 1 heterocycles. The molecular formula is C17H19BrO4S. The predicted octanol–water partition coefficient (Wildman–Crippen LogP) is 4.38. The molecule has 0 saturated heterocycles. The number of ether oxygens (including phenoxy) is 3. The molecule has 0 amide bonds. The zero-order chi connectivity index (χ0) is 16.7. The Balaban J connectivity index is 1.82. The molecule has 0 saturated carbocycles. The minimum Gasteiger partial charge on any atom is -0.493 e. The minimum atomic E-state index is -0.366. The van der Waals surface area contributed by atoms with Crippen LogP contribution in [-0.2, 0) is 16.0 Å². The van der Waals surface area contributed by atoms with E-state index in [1.165, 1.54) is 4.88 Å². The number of hydrogen-bond donors (Lipinski definition) is 0. The summed E-state index contributed by atoms with van der Waals surface area (Å²) in [5.41, 5.74) is 0.922. The van der Waals surface area contributed by atoms with E-state index in [1.807, 2.05) is 31.2 Å². The lowest BCUT2D eigenvalue weighted by Crippen LogP contribution is -2.14. The van der Waals surface area contributed by atoms with E-state index in [9.17, 15) is 4.79 Å². The van der Waals surface area contributed by atoms with Gasteiger partial charge in [0.1, 0.15) is 11.5 Å². The van der Waals surface area contributed by atoms with Crippen LogP contribution in [0.4, 0.5) is 0 Å². The molecule has 0 atom stereocenters. The van der Waals surface area contributed by atoms with E-state index in [4.69, 9.17) is 14.2 Å². The van der Waals surface area contributed by atoms with Crippen LogP contribution in [0.1, 0.15) is 17.4 Å². The Kier molecular flexibility index (Phi) is 6.92. The number of carbonyl (C=O) groups excluding carboxylic acids is 1. The molecule has 0 fully saturated rings. The van der Waals surface area contributed by atoms with Gasteiger partial charge < -0.3 is 14.2 Å². The number of carbonyl (C=O) groups is 1. The highest BCUT2D eigenvalue weighted by Crippen LogP contribution is 2.25. The highest BCUT2D eigenvalue weighted by atomic mass is 79.9. The van der Waals surface area contributed by atoms with Crippen molar-refractivity contribution in [2.75, 3.05) is 19.8 Å². The molecule has 1 aromatic carbocycles. The Morgan fingerprint density at radius 2 is 2.04 bits per heavy atom. The Labute approximate surface area is 148 Å². The maximum Gasteiger partial charge on any atom is 0.344 e. The van der Waals surface area contributed by atoms with Crippen LogP contribution in [0.15, 0.2) is 34.1 Å². The standard InChI is InChI=1S/C17H19BrO4S/c1-3-20-17(19)11-22-15-6-4-13(10-12(15)2)21-9-8-14-5-7-16(18)23-14/h4-7,10H,3,8-9,11H2,1-2H3. The second-order valence-electron chi connectivity index (χ2n) is 4.83. The van der Waals surface area contributed by atoms with Crippen LogP contribution in [0.3, 0.4) is 0 Å². The molecule has 0 aliphatic rings. The highest BCUT2D eigenvalue weighted by molar-refractivity contribution is 9.11. The minimum absolute atomic E-state index is 0.0812. The van der Waals surface area contributed by atoms with Gasteiger partial charge in [-0.15, -0.1) is 11.3 Å². The van der Waals surface area contributed by atoms with Gasteiger partial charge in [-0.25, -0.2) is 4.79 Å². The Morgan fingerprint density at radius 1 is 1.22 bits per heavy atom. The monoisotopic (exact) mass is 398 g/mol. The number of halogens is 1. The Bertz CT molecular complexity index is 654. The largest absolute Gasteiger partial charge is 0.493 e. The molecule has 23 heavy (non-hydrogen) atoms. The molecule has 1 aromatic heterocycles. The average Bonchev–Trinajstić information content (AvgIpc) is 2.92. The third kappa shape index (κ3) is 5.88. The van der Waals surface area contributed by atoms with Crippen LogP contribution >= 0.6 is 27.3 Å². The molecule has 124 valence electrons. The van der Waals surface area contributed by atoms with Gasteiger partial charge >= 0.3 is 5.97 Å². The van der Waals surface area contributed by atoms with E-state index < -0.39 is 0 Å². The Morgan fingerprint density at radius 3 is 2.70 bits per heavy atom. The maximum atomic E-state index is 11.3. The van der Waals surface area contributed by atoms with Gasteiger partial charge in [-0.1, -0.05) is 0 Å². The number of thiophene rings is 1. The first-order chi connectivity index (χ1) is 11.1. The second-order valence-corrected chi connectivity index (χ2v) is 7.37. The van der Waals surface area contributed by atoms with Crippen LogP contribution in [0.5, 0.6) is 11.5 Å². The van der Waals surface area contributed by atoms with E-state index in [2.05, 4.69) is 22.0 Å². The summed E-state index contributed by atoms with van der Waals surface area (Å²) in [7, 11) is 0. The predicted molar refractivity (Wildman–Crippen MR) is 94.5 cm³/mol. The summed E-state index contributed by atoms with van der Waals surface area (Å²) in [6.07, 6.45) is 0.871. The third-order valence-electron chi connectivity index (χ3n) is 3.04. The van der Waals surface area contributed by atoms with Gasteiger partial charge in [-0.3, -0.25) is 0 Å².